The fraction of sp³-hybridized carbons (Fsp3) is 0.333. The fourth-order valence-corrected chi connectivity index (χ4v) is 1.03. The van der Waals surface area contributed by atoms with Gasteiger partial charge in [-0.25, -0.2) is 4.39 Å². The normalized spacial score (nSPS) is 15.1. The van der Waals surface area contributed by atoms with Crippen molar-refractivity contribution in [3.63, 3.8) is 0 Å². The van der Waals surface area contributed by atoms with Gasteiger partial charge in [0.2, 0.25) is 0 Å². The van der Waals surface area contributed by atoms with Gasteiger partial charge in [-0.2, -0.15) is 0 Å². The van der Waals surface area contributed by atoms with Crippen molar-refractivity contribution in [2.24, 2.45) is 0 Å². The fourth-order valence-electron chi connectivity index (χ4n) is 1.03. The Balaban J connectivity index is 0.000000720. The van der Waals surface area contributed by atoms with Crippen LogP contribution in [0.1, 0.15) is 12.8 Å². The quantitative estimate of drug-likeness (QED) is 0.751. The third kappa shape index (κ3) is 2.11. The van der Waals surface area contributed by atoms with Gasteiger partial charge in [-0.15, -0.1) is 12.4 Å². The number of hydrogen-bond donors (Lipinski definition) is 1. The van der Waals surface area contributed by atoms with E-state index in [4.69, 9.17) is 0 Å². The van der Waals surface area contributed by atoms with E-state index in [1.807, 2.05) is 6.07 Å². The summed E-state index contributed by atoms with van der Waals surface area (Å²) >= 11 is 0. The van der Waals surface area contributed by atoms with Crippen LogP contribution in [0.3, 0.4) is 0 Å². The maximum absolute atomic E-state index is 12.9. The van der Waals surface area contributed by atoms with Crippen molar-refractivity contribution in [3.8, 4) is 0 Å². The lowest BCUT2D eigenvalue weighted by Crippen LogP contribution is -2.02. The Morgan fingerprint density at radius 1 is 1.25 bits per heavy atom. The number of para-hydroxylation sites is 1. The molecule has 2 rings (SSSR count). The number of hydrogen-bond acceptors (Lipinski definition) is 1. The van der Waals surface area contributed by atoms with Gasteiger partial charge in [-0.05, 0) is 25.0 Å². The minimum Gasteiger partial charge on any atom is -0.380 e. The third-order valence-corrected chi connectivity index (χ3v) is 1.81. The van der Waals surface area contributed by atoms with Crippen LogP contribution in [0.4, 0.5) is 10.1 Å². The Morgan fingerprint density at radius 3 is 2.50 bits per heavy atom. The maximum atomic E-state index is 12.9. The molecule has 3 heteroatoms. The summed E-state index contributed by atoms with van der Waals surface area (Å²) in [5.41, 5.74) is 0.634. The highest BCUT2D eigenvalue weighted by atomic mass is 35.5. The van der Waals surface area contributed by atoms with Crippen LogP contribution in [0.2, 0.25) is 0 Å². The largest absolute Gasteiger partial charge is 0.380 e. The molecule has 1 aromatic carbocycles. The first kappa shape index (κ1) is 9.33. The van der Waals surface area contributed by atoms with E-state index >= 15 is 0 Å². The number of anilines is 1. The third-order valence-electron chi connectivity index (χ3n) is 1.81. The molecule has 1 aliphatic rings. The van der Waals surface area contributed by atoms with Crippen molar-refractivity contribution in [1.29, 1.82) is 0 Å². The van der Waals surface area contributed by atoms with E-state index < -0.39 is 0 Å². The minimum atomic E-state index is -0.153. The molecule has 0 aromatic heterocycles. The summed E-state index contributed by atoms with van der Waals surface area (Å²) in [6.07, 6.45) is 2.35. The van der Waals surface area contributed by atoms with E-state index in [0.29, 0.717) is 11.7 Å². The van der Waals surface area contributed by atoms with Gasteiger partial charge < -0.3 is 5.32 Å². The van der Waals surface area contributed by atoms with Crippen LogP contribution in [0.25, 0.3) is 0 Å². The molecule has 0 amide bonds. The van der Waals surface area contributed by atoms with E-state index in [-0.39, 0.29) is 18.2 Å². The van der Waals surface area contributed by atoms with Gasteiger partial charge >= 0.3 is 0 Å². The molecular weight excluding hydrogens is 177 g/mol. The number of rotatable bonds is 2. The maximum Gasteiger partial charge on any atom is 0.146 e. The van der Waals surface area contributed by atoms with Crippen molar-refractivity contribution >= 4 is 18.1 Å². The highest BCUT2D eigenvalue weighted by molar-refractivity contribution is 5.85. The van der Waals surface area contributed by atoms with Crippen LogP contribution in [-0.2, 0) is 0 Å². The molecule has 66 valence electrons. The lowest BCUT2D eigenvalue weighted by Gasteiger charge is -2.03. The summed E-state index contributed by atoms with van der Waals surface area (Å²) in [6.45, 7) is 0. The lowest BCUT2D eigenvalue weighted by atomic mass is 10.3. The SMILES string of the molecule is Cl.Fc1ccccc1NC1CC1. The average molecular weight is 188 g/mol. The van der Waals surface area contributed by atoms with Crippen molar-refractivity contribution < 1.29 is 4.39 Å². The van der Waals surface area contributed by atoms with Crippen LogP contribution >= 0.6 is 12.4 Å². The second-order valence-corrected chi connectivity index (χ2v) is 2.90. The smallest absolute Gasteiger partial charge is 0.146 e. The summed E-state index contributed by atoms with van der Waals surface area (Å²) in [7, 11) is 0. The molecular formula is C9H11ClFN. The first-order valence-electron chi connectivity index (χ1n) is 3.87. The molecule has 0 radical (unpaired) electrons. The summed E-state index contributed by atoms with van der Waals surface area (Å²) in [4.78, 5) is 0. The molecule has 0 spiro atoms. The number of nitrogens with one attached hydrogen (secondary N) is 1. The zero-order valence-corrected chi connectivity index (χ0v) is 7.40. The first-order chi connectivity index (χ1) is 5.36. The van der Waals surface area contributed by atoms with Crippen molar-refractivity contribution in [3.05, 3.63) is 30.1 Å². The molecule has 0 unspecified atom stereocenters. The van der Waals surface area contributed by atoms with E-state index in [1.165, 1.54) is 18.9 Å². The topological polar surface area (TPSA) is 12.0 Å². The molecule has 1 N–H and O–H groups in total. The average Bonchev–Trinajstić information content (AvgIpc) is 2.78. The van der Waals surface area contributed by atoms with Gasteiger partial charge in [0.25, 0.3) is 0 Å². The highest BCUT2D eigenvalue weighted by Crippen LogP contribution is 2.25. The predicted molar refractivity (Wildman–Crippen MR) is 50.3 cm³/mol. The zero-order valence-electron chi connectivity index (χ0n) is 6.59. The molecule has 1 nitrogen and oxygen atoms in total. The van der Waals surface area contributed by atoms with Gasteiger partial charge in [0.05, 0.1) is 5.69 Å². The molecule has 0 atom stereocenters. The van der Waals surface area contributed by atoms with Crippen LogP contribution in [0, 0.1) is 5.82 Å². The second kappa shape index (κ2) is 3.76. The second-order valence-electron chi connectivity index (χ2n) is 2.90. The molecule has 0 aliphatic heterocycles. The molecule has 0 bridgehead atoms. The van der Waals surface area contributed by atoms with Crippen molar-refractivity contribution in [2.75, 3.05) is 5.32 Å². The molecule has 1 saturated carbocycles. The Hall–Kier alpha value is -0.760. The molecule has 1 aromatic rings. The first-order valence-corrected chi connectivity index (χ1v) is 3.87. The lowest BCUT2D eigenvalue weighted by molar-refractivity contribution is 0.630. The molecule has 12 heavy (non-hydrogen) atoms. The summed E-state index contributed by atoms with van der Waals surface area (Å²) < 4.78 is 12.9. The van der Waals surface area contributed by atoms with E-state index in [0.717, 1.165) is 0 Å². The van der Waals surface area contributed by atoms with Gasteiger partial charge in [-0.3, -0.25) is 0 Å². The summed E-state index contributed by atoms with van der Waals surface area (Å²) in [5, 5.41) is 3.11. The van der Waals surface area contributed by atoms with E-state index in [1.54, 1.807) is 12.1 Å². The Morgan fingerprint density at radius 2 is 1.92 bits per heavy atom. The predicted octanol–water partition coefficient (Wildman–Crippen LogP) is 2.82. The van der Waals surface area contributed by atoms with Crippen molar-refractivity contribution in [2.45, 2.75) is 18.9 Å². The highest BCUT2D eigenvalue weighted by Gasteiger charge is 2.21. The Bertz CT molecular complexity index is 260. The monoisotopic (exact) mass is 187 g/mol. The molecule has 1 aliphatic carbocycles. The Labute approximate surface area is 77.4 Å². The van der Waals surface area contributed by atoms with Gasteiger partial charge in [-0.1, -0.05) is 12.1 Å². The van der Waals surface area contributed by atoms with Gasteiger partial charge in [0.15, 0.2) is 0 Å². The standard InChI is InChI=1S/C9H10FN.ClH/c10-8-3-1-2-4-9(8)11-7-5-6-7;/h1-4,7,11H,5-6H2;1H. The van der Waals surface area contributed by atoms with Crippen LogP contribution in [0.5, 0.6) is 0 Å². The van der Waals surface area contributed by atoms with E-state index in [9.17, 15) is 4.39 Å². The van der Waals surface area contributed by atoms with Gasteiger partial charge in [0.1, 0.15) is 5.82 Å². The minimum absolute atomic E-state index is 0. The van der Waals surface area contributed by atoms with Crippen molar-refractivity contribution in [1.82, 2.24) is 0 Å². The van der Waals surface area contributed by atoms with Gasteiger partial charge in [0, 0.05) is 6.04 Å². The van der Waals surface area contributed by atoms with Crippen LogP contribution in [0.15, 0.2) is 24.3 Å². The molecule has 0 heterocycles. The number of halogens is 2. The number of benzene rings is 1. The zero-order chi connectivity index (χ0) is 7.68. The van der Waals surface area contributed by atoms with E-state index in [2.05, 4.69) is 5.32 Å². The summed E-state index contributed by atoms with van der Waals surface area (Å²) in [6, 6.07) is 7.31. The Kier molecular flexibility index (Phi) is 2.93. The van der Waals surface area contributed by atoms with Crippen LogP contribution in [-0.4, -0.2) is 6.04 Å². The van der Waals surface area contributed by atoms with Crippen LogP contribution < -0.4 is 5.32 Å². The summed E-state index contributed by atoms with van der Waals surface area (Å²) in [5.74, 6) is -0.153. The molecule has 0 saturated heterocycles. The molecule has 1 fully saturated rings.